The van der Waals surface area contributed by atoms with Crippen LogP contribution in [0.4, 0.5) is 0 Å². The molecular formula is C26H34N2O4. The SMILES string of the molecule is Cc1ccc(OCC(=O)N2CCCN(C(=O)CCCOc3ccccc3C)CC2)c(C)c1. The van der Waals surface area contributed by atoms with Crippen molar-refractivity contribution in [3.63, 3.8) is 0 Å². The fourth-order valence-corrected chi connectivity index (χ4v) is 3.89. The summed E-state index contributed by atoms with van der Waals surface area (Å²) in [4.78, 5) is 28.9. The van der Waals surface area contributed by atoms with Crippen LogP contribution in [0.2, 0.25) is 0 Å². The van der Waals surface area contributed by atoms with E-state index in [-0.39, 0.29) is 18.4 Å². The van der Waals surface area contributed by atoms with Gasteiger partial charge in [0.15, 0.2) is 6.61 Å². The number of hydrogen-bond donors (Lipinski definition) is 0. The zero-order chi connectivity index (χ0) is 22.9. The third-order valence-corrected chi connectivity index (χ3v) is 5.77. The van der Waals surface area contributed by atoms with Gasteiger partial charge in [-0.25, -0.2) is 0 Å². The molecule has 2 aromatic carbocycles. The standard InChI is InChI=1S/C26H34N2O4/c1-20-11-12-24(22(3)18-20)32-19-26(30)28-14-7-13-27(15-16-28)25(29)10-6-17-31-23-9-5-4-8-21(23)2/h4-5,8-9,11-12,18H,6-7,10,13-17,19H2,1-3H3. The number of para-hydroxylation sites is 1. The van der Waals surface area contributed by atoms with Gasteiger partial charge in [-0.1, -0.05) is 35.9 Å². The molecule has 0 saturated carbocycles. The van der Waals surface area contributed by atoms with Crippen LogP contribution in [0.15, 0.2) is 42.5 Å². The highest BCUT2D eigenvalue weighted by Gasteiger charge is 2.22. The van der Waals surface area contributed by atoms with E-state index >= 15 is 0 Å². The summed E-state index contributed by atoms with van der Waals surface area (Å²) < 4.78 is 11.5. The first-order valence-electron chi connectivity index (χ1n) is 11.4. The molecule has 3 rings (SSSR count). The molecule has 0 aromatic heterocycles. The molecule has 172 valence electrons. The van der Waals surface area contributed by atoms with Crippen molar-refractivity contribution in [2.75, 3.05) is 39.4 Å². The van der Waals surface area contributed by atoms with Gasteiger partial charge in [0.25, 0.3) is 5.91 Å². The maximum absolute atomic E-state index is 12.6. The first-order chi connectivity index (χ1) is 15.4. The minimum Gasteiger partial charge on any atom is -0.493 e. The second-order valence-corrected chi connectivity index (χ2v) is 8.39. The first kappa shape index (κ1) is 23.6. The van der Waals surface area contributed by atoms with E-state index in [0.717, 1.165) is 29.0 Å². The fraction of sp³-hybridized carbons (Fsp3) is 0.462. The summed E-state index contributed by atoms with van der Waals surface area (Å²) in [5, 5.41) is 0. The molecule has 0 unspecified atom stereocenters. The third-order valence-electron chi connectivity index (χ3n) is 5.77. The lowest BCUT2D eigenvalue weighted by Gasteiger charge is -2.22. The Labute approximate surface area is 191 Å². The topological polar surface area (TPSA) is 59.1 Å². The Bertz CT molecular complexity index is 928. The molecule has 2 aromatic rings. The molecule has 2 amide bonds. The molecule has 0 radical (unpaired) electrons. The molecule has 1 saturated heterocycles. The number of rotatable bonds is 8. The summed E-state index contributed by atoms with van der Waals surface area (Å²) in [6.45, 7) is 9.00. The molecule has 1 aliphatic heterocycles. The van der Waals surface area contributed by atoms with Crippen LogP contribution < -0.4 is 9.47 Å². The van der Waals surface area contributed by atoms with Crippen LogP contribution >= 0.6 is 0 Å². The van der Waals surface area contributed by atoms with Crippen molar-refractivity contribution in [1.82, 2.24) is 9.80 Å². The van der Waals surface area contributed by atoms with E-state index in [1.165, 1.54) is 5.56 Å². The van der Waals surface area contributed by atoms with Crippen molar-refractivity contribution in [3.05, 3.63) is 59.2 Å². The zero-order valence-corrected chi connectivity index (χ0v) is 19.4. The summed E-state index contributed by atoms with van der Waals surface area (Å²) in [7, 11) is 0. The second kappa shape index (κ2) is 11.6. The molecule has 0 bridgehead atoms. The molecule has 0 aliphatic carbocycles. The van der Waals surface area contributed by atoms with Crippen molar-refractivity contribution < 1.29 is 19.1 Å². The third kappa shape index (κ3) is 6.74. The van der Waals surface area contributed by atoms with Crippen LogP contribution in [0, 0.1) is 20.8 Å². The van der Waals surface area contributed by atoms with Gasteiger partial charge in [-0.15, -0.1) is 0 Å². The number of benzene rings is 2. The molecular weight excluding hydrogens is 404 g/mol. The number of amides is 2. The molecule has 1 aliphatic rings. The van der Waals surface area contributed by atoms with Gasteiger partial charge >= 0.3 is 0 Å². The fourth-order valence-electron chi connectivity index (χ4n) is 3.89. The smallest absolute Gasteiger partial charge is 0.260 e. The highest BCUT2D eigenvalue weighted by Crippen LogP contribution is 2.19. The number of nitrogens with zero attached hydrogens (tertiary/aromatic N) is 2. The summed E-state index contributed by atoms with van der Waals surface area (Å²) in [6, 6.07) is 13.8. The van der Waals surface area contributed by atoms with Crippen molar-refractivity contribution in [1.29, 1.82) is 0 Å². The maximum Gasteiger partial charge on any atom is 0.260 e. The van der Waals surface area contributed by atoms with E-state index in [9.17, 15) is 9.59 Å². The highest BCUT2D eigenvalue weighted by atomic mass is 16.5. The first-order valence-corrected chi connectivity index (χ1v) is 11.4. The molecule has 0 N–H and O–H groups in total. The lowest BCUT2D eigenvalue weighted by Crippen LogP contribution is -2.39. The maximum atomic E-state index is 12.6. The molecule has 0 spiro atoms. The average Bonchev–Trinajstić information content (AvgIpc) is 3.03. The quantitative estimate of drug-likeness (QED) is 0.587. The van der Waals surface area contributed by atoms with Crippen LogP contribution in [0.1, 0.15) is 36.0 Å². The largest absolute Gasteiger partial charge is 0.493 e. The van der Waals surface area contributed by atoms with Gasteiger partial charge in [-0.05, 0) is 56.9 Å². The van der Waals surface area contributed by atoms with Gasteiger partial charge in [0, 0.05) is 32.6 Å². The van der Waals surface area contributed by atoms with Crippen LogP contribution in [-0.4, -0.2) is 61.0 Å². The lowest BCUT2D eigenvalue weighted by atomic mass is 10.1. The summed E-state index contributed by atoms with van der Waals surface area (Å²) >= 11 is 0. The van der Waals surface area contributed by atoms with Gasteiger partial charge in [0.05, 0.1) is 6.61 Å². The zero-order valence-electron chi connectivity index (χ0n) is 19.4. The van der Waals surface area contributed by atoms with E-state index < -0.39 is 0 Å². The Kier molecular flexibility index (Phi) is 8.54. The Morgan fingerprint density at radius 3 is 2.22 bits per heavy atom. The van der Waals surface area contributed by atoms with Gasteiger partial charge in [0.1, 0.15) is 11.5 Å². The number of carbonyl (C=O) groups excluding carboxylic acids is 2. The van der Waals surface area contributed by atoms with Crippen molar-refractivity contribution in [2.24, 2.45) is 0 Å². The van der Waals surface area contributed by atoms with Gasteiger partial charge in [0.2, 0.25) is 5.91 Å². The average molecular weight is 439 g/mol. The van der Waals surface area contributed by atoms with Crippen molar-refractivity contribution in [2.45, 2.75) is 40.0 Å². The Balaban J connectivity index is 1.39. The predicted molar refractivity (Wildman–Crippen MR) is 125 cm³/mol. The van der Waals surface area contributed by atoms with Crippen LogP contribution in [-0.2, 0) is 9.59 Å². The van der Waals surface area contributed by atoms with E-state index in [4.69, 9.17) is 9.47 Å². The van der Waals surface area contributed by atoms with E-state index in [1.54, 1.807) is 4.90 Å². The summed E-state index contributed by atoms with van der Waals surface area (Å²) in [5.74, 6) is 1.69. The number of ether oxygens (including phenoxy) is 2. The van der Waals surface area contributed by atoms with Crippen molar-refractivity contribution in [3.8, 4) is 11.5 Å². The monoisotopic (exact) mass is 438 g/mol. The van der Waals surface area contributed by atoms with Gasteiger partial charge in [-0.2, -0.15) is 0 Å². The summed E-state index contributed by atoms with van der Waals surface area (Å²) in [6.07, 6.45) is 1.91. The van der Waals surface area contributed by atoms with Crippen LogP contribution in [0.25, 0.3) is 0 Å². The Morgan fingerprint density at radius 1 is 0.812 bits per heavy atom. The normalized spacial score (nSPS) is 14.1. The predicted octanol–water partition coefficient (Wildman–Crippen LogP) is 3.91. The molecule has 1 heterocycles. The number of carbonyl (C=O) groups is 2. The van der Waals surface area contributed by atoms with Crippen molar-refractivity contribution >= 4 is 11.8 Å². The number of aryl methyl sites for hydroxylation is 3. The highest BCUT2D eigenvalue weighted by molar-refractivity contribution is 5.78. The summed E-state index contributed by atoms with van der Waals surface area (Å²) in [5.41, 5.74) is 3.29. The van der Waals surface area contributed by atoms with Crippen LogP contribution in [0.5, 0.6) is 11.5 Å². The molecule has 32 heavy (non-hydrogen) atoms. The molecule has 0 atom stereocenters. The van der Waals surface area contributed by atoms with E-state index in [2.05, 4.69) is 0 Å². The minimum absolute atomic E-state index is 0.0219. The minimum atomic E-state index is -0.0362. The molecule has 1 fully saturated rings. The van der Waals surface area contributed by atoms with Gasteiger partial charge in [-0.3, -0.25) is 9.59 Å². The van der Waals surface area contributed by atoms with Crippen LogP contribution in [0.3, 0.4) is 0 Å². The van der Waals surface area contributed by atoms with E-state index in [1.807, 2.05) is 68.1 Å². The molecule has 6 nitrogen and oxygen atoms in total. The molecule has 6 heteroatoms. The van der Waals surface area contributed by atoms with Gasteiger partial charge < -0.3 is 19.3 Å². The van der Waals surface area contributed by atoms with E-state index in [0.29, 0.717) is 45.6 Å². The lowest BCUT2D eigenvalue weighted by molar-refractivity contribution is -0.134. The number of hydrogen-bond acceptors (Lipinski definition) is 4. The Morgan fingerprint density at radius 2 is 1.50 bits per heavy atom. The second-order valence-electron chi connectivity index (χ2n) is 8.39. The Hall–Kier alpha value is -3.02.